The number of benzene rings is 1. The van der Waals surface area contributed by atoms with Gasteiger partial charge in [0.2, 0.25) is 0 Å². The minimum atomic E-state index is -0.892. The molecule has 20 heavy (non-hydrogen) atoms. The lowest BCUT2D eigenvalue weighted by atomic mass is 10.1. The highest BCUT2D eigenvalue weighted by atomic mass is 16.5. The molecule has 0 heterocycles. The van der Waals surface area contributed by atoms with E-state index in [4.69, 9.17) is 9.84 Å². The predicted octanol–water partition coefficient (Wildman–Crippen LogP) is 1.96. The summed E-state index contributed by atoms with van der Waals surface area (Å²) < 4.78 is 5.47. The molecule has 2 atom stereocenters. The molecule has 5 heteroatoms. The van der Waals surface area contributed by atoms with E-state index in [1.807, 2.05) is 31.2 Å². The number of hydrogen-bond donors (Lipinski definition) is 3. The van der Waals surface area contributed by atoms with Gasteiger partial charge < -0.3 is 20.3 Å². The smallest absolute Gasteiger partial charge is 0.320 e. The van der Waals surface area contributed by atoms with Gasteiger partial charge >= 0.3 is 5.97 Å². The van der Waals surface area contributed by atoms with Gasteiger partial charge in [0, 0.05) is 0 Å². The maximum absolute atomic E-state index is 10.6. The van der Waals surface area contributed by atoms with E-state index in [-0.39, 0.29) is 0 Å². The summed E-state index contributed by atoms with van der Waals surface area (Å²) in [5.74, 6) is -0.0997. The standard InChI is InChI=1S/C15H23NO4/c1-3-10-20-13-6-4-12(5-7-13)14(17)8-9-16-11(2)15(18)19/h4-7,11,14,16-17H,3,8-10H2,1-2H3,(H,18,19)/t11-,14+/m1/s1. The molecule has 5 nitrogen and oxygen atoms in total. The van der Waals surface area contributed by atoms with Gasteiger partial charge in [0.1, 0.15) is 11.8 Å². The van der Waals surface area contributed by atoms with Crippen LogP contribution in [0.1, 0.15) is 38.4 Å². The zero-order valence-corrected chi connectivity index (χ0v) is 12.0. The Balaban J connectivity index is 2.39. The minimum absolute atomic E-state index is 0.447. The third-order valence-corrected chi connectivity index (χ3v) is 2.98. The van der Waals surface area contributed by atoms with E-state index in [0.717, 1.165) is 17.7 Å². The van der Waals surface area contributed by atoms with Crippen LogP contribution in [0.4, 0.5) is 0 Å². The van der Waals surface area contributed by atoms with Crippen LogP contribution < -0.4 is 10.1 Å². The van der Waals surface area contributed by atoms with Gasteiger partial charge in [0.25, 0.3) is 0 Å². The number of ether oxygens (including phenoxy) is 1. The SMILES string of the molecule is CCCOc1ccc([C@@H](O)CCN[C@H](C)C(=O)O)cc1. The number of aliphatic carboxylic acids is 1. The number of aliphatic hydroxyl groups is 1. The van der Waals surface area contributed by atoms with E-state index in [9.17, 15) is 9.90 Å². The second-order valence-electron chi connectivity index (χ2n) is 4.74. The van der Waals surface area contributed by atoms with Crippen LogP contribution in [0.15, 0.2) is 24.3 Å². The topological polar surface area (TPSA) is 78.8 Å². The summed E-state index contributed by atoms with van der Waals surface area (Å²) in [4.78, 5) is 10.6. The van der Waals surface area contributed by atoms with Crippen LogP contribution in [-0.2, 0) is 4.79 Å². The van der Waals surface area contributed by atoms with E-state index in [1.165, 1.54) is 0 Å². The molecule has 0 bridgehead atoms. The molecule has 0 amide bonds. The number of hydrogen-bond acceptors (Lipinski definition) is 4. The van der Waals surface area contributed by atoms with Gasteiger partial charge in [0.15, 0.2) is 0 Å². The van der Waals surface area contributed by atoms with Crippen molar-refractivity contribution in [3.63, 3.8) is 0 Å². The van der Waals surface area contributed by atoms with E-state index in [0.29, 0.717) is 19.6 Å². The number of carboxylic acid groups (broad SMARTS) is 1. The van der Waals surface area contributed by atoms with Gasteiger partial charge in [-0.2, -0.15) is 0 Å². The summed E-state index contributed by atoms with van der Waals surface area (Å²) in [5, 5.41) is 21.6. The third kappa shape index (κ3) is 5.59. The van der Waals surface area contributed by atoms with Crippen LogP contribution >= 0.6 is 0 Å². The fraction of sp³-hybridized carbons (Fsp3) is 0.533. The van der Waals surface area contributed by atoms with Gasteiger partial charge in [-0.25, -0.2) is 0 Å². The van der Waals surface area contributed by atoms with Crippen molar-refractivity contribution in [2.45, 2.75) is 38.8 Å². The number of carbonyl (C=O) groups is 1. The first-order chi connectivity index (χ1) is 9.54. The van der Waals surface area contributed by atoms with E-state index in [1.54, 1.807) is 6.92 Å². The summed E-state index contributed by atoms with van der Waals surface area (Å²) >= 11 is 0. The predicted molar refractivity (Wildman–Crippen MR) is 76.9 cm³/mol. The fourth-order valence-electron chi connectivity index (χ4n) is 1.70. The first kappa shape index (κ1) is 16.5. The molecule has 0 aromatic heterocycles. The Morgan fingerprint density at radius 1 is 1.35 bits per heavy atom. The van der Waals surface area contributed by atoms with Crippen molar-refractivity contribution in [2.75, 3.05) is 13.2 Å². The maximum Gasteiger partial charge on any atom is 0.320 e. The lowest BCUT2D eigenvalue weighted by molar-refractivity contribution is -0.139. The maximum atomic E-state index is 10.6. The minimum Gasteiger partial charge on any atom is -0.494 e. The van der Waals surface area contributed by atoms with Crippen LogP contribution in [0.2, 0.25) is 0 Å². The normalized spacial score (nSPS) is 13.8. The molecular formula is C15H23NO4. The van der Waals surface area contributed by atoms with Crippen molar-refractivity contribution in [3.8, 4) is 5.75 Å². The zero-order chi connectivity index (χ0) is 15.0. The summed E-state index contributed by atoms with van der Waals surface area (Å²) in [6, 6.07) is 6.72. The summed E-state index contributed by atoms with van der Waals surface area (Å²) in [7, 11) is 0. The van der Waals surface area contributed by atoms with E-state index >= 15 is 0 Å². The van der Waals surface area contributed by atoms with E-state index in [2.05, 4.69) is 5.32 Å². The lowest BCUT2D eigenvalue weighted by Gasteiger charge is -2.14. The lowest BCUT2D eigenvalue weighted by Crippen LogP contribution is -2.34. The molecule has 1 rings (SSSR count). The molecule has 1 aromatic rings. The zero-order valence-electron chi connectivity index (χ0n) is 12.0. The Morgan fingerprint density at radius 2 is 2.00 bits per heavy atom. The van der Waals surface area contributed by atoms with Crippen molar-refractivity contribution < 1.29 is 19.7 Å². The molecule has 0 spiro atoms. The molecule has 0 aliphatic carbocycles. The van der Waals surface area contributed by atoms with Gasteiger partial charge in [-0.05, 0) is 44.0 Å². The summed E-state index contributed by atoms with van der Waals surface area (Å²) in [5.41, 5.74) is 0.804. The molecule has 0 aliphatic rings. The van der Waals surface area contributed by atoms with Crippen LogP contribution in [0.5, 0.6) is 5.75 Å². The molecule has 0 saturated carbocycles. The Bertz CT molecular complexity index is 405. The van der Waals surface area contributed by atoms with Crippen molar-refractivity contribution in [1.29, 1.82) is 0 Å². The summed E-state index contributed by atoms with van der Waals surface area (Å²) in [6.45, 7) is 4.75. The van der Waals surface area contributed by atoms with Crippen molar-refractivity contribution in [2.24, 2.45) is 0 Å². The summed E-state index contributed by atoms with van der Waals surface area (Å²) in [6.07, 6.45) is 0.814. The van der Waals surface area contributed by atoms with Gasteiger partial charge in [-0.3, -0.25) is 4.79 Å². The van der Waals surface area contributed by atoms with Crippen molar-refractivity contribution in [3.05, 3.63) is 29.8 Å². The first-order valence-electron chi connectivity index (χ1n) is 6.91. The third-order valence-electron chi connectivity index (χ3n) is 2.98. The Hall–Kier alpha value is -1.59. The largest absolute Gasteiger partial charge is 0.494 e. The number of rotatable bonds is 9. The molecule has 1 aromatic carbocycles. The van der Waals surface area contributed by atoms with Gasteiger partial charge in [-0.15, -0.1) is 0 Å². The fourth-order valence-corrected chi connectivity index (χ4v) is 1.70. The molecular weight excluding hydrogens is 258 g/mol. The second kappa shape index (κ2) is 8.55. The van der Waals surface area contributed by atoms with Crippen LogP contribution in [0.25, 0.3) is 0 Å². The number of nitrogens with one attached hydrogen (secondary N) is 1. The second-order valence-corrected chi connectivity index (χ2v) is 4.74. The van der Waals surface area contributed by atoms with Crippen LogP contribution in [-0.4, -0.2) is 35.4 Å². The molecule has 0 radical (unpaired) electrons. The molecule has 0 unspecified atom stereocenters. The Kier molecular flexibility index (Phi) is 7.04. The highest BCUT2D eigenvalue weighted by molar-refractivity contribution is 5.72. The first-order valence-corrected chi connectivity index (χ1v) is 6.91. The Labute approximate surface area is 119 Å². The van der Waals surface area contributed by atoms with Gasteiger partial charge in [0.05, 0.1) is 12.7 Å². The quantitative estimate of drug-likeness (QED) is 0.645. The molecule has 3 N–H and O–H groups in total. The van der Waals surface area contributed by atoms with Crippen LogP contribution in [0.3, 0.4) is 0 Å². The average Bonchev–Trinajstić information content (AvgIpc) is 2.45. The Morgan fingerprint density at radius 3 is 2.55 bits per heavy atom. The number of carboxylic acids is 1. The average molecular weight is 281 g/mol. The molecule has 112 valence electrons. The van der Waals surface area contributed by atoms with Gasteiger partial charge in [-0.1, -0.05) is 19.1 Å². The highest BCUT2D eigenvalue weighted by Gasteiger charge is 2.12. The molecule has 0 aliphatic heterocycles. The van der Waals surface area contributed by atoms with Crippen LogP contribution in [0, 0.1) is 0 Å². The highest BCUT2D eigenvalue weighted by Crippen LogP contribution is 2.20. The van der Waals surface area contributed by atoms with E-state index < -0.39 is 18.1 Å². The molecule has 0 fully saturated rings. The van der Waals surface area contributed by atoms with Crippen molar-refractivity contribution in [1.82, 2.24) is 5.32 Å². The van der Waals surface area contributed by atoms with Crippen molar-refractivity contribution >= 4 is 5.97 Å². The number of aliphatic hydroxyl groups excluding tert-OH is 1. The molecule has 0 saturated heterocycles. The monoisotopic (exact) mass is 281 g/mol.